The van der Waals surface area contributed by atoms with E-state index in [9.17, 15) is 17.6 Å². The summed E-state index contributed by atoms with van der Waals surface area (Å²) in [6.45, 7) is -2.91. The van der Waals surface area contributed by atoms with E-state index in [4.69, 9.17) is 4.74 Å². The first-order valence-corrected chi connectivity index (χ1v) is 7.00. The van der Waals surface area contributed by atoms with E-state index in [1.807, 2.05) is 0 Å². The highest BCUT2D eigenvalue weighted by Crippen LogP contribution is 2.32. The summed E-state index contributed by atoms with van der Waals surface area (Å²) < 4.78 is 62.0. The summed E-state index contributed by atoms with van der Waals surface area (Å²) >= 11 is 0. The summed E-state index contributed by atoms with van der Waals surface area (Å²) in [5.74, 6) is -1.39. The van der Waals surface area contributed by atoms with E-state index < -0.39 is 18.2 Å². The first-order valence-electron chi connectivity index (χ1n) is 7.00. The van der Waals surface area contributed by atoms with Gasteiger partial charge < -0.3 is 9.47 Å². The molecule has 124 valence electrons. The molecular formula is C18H12F4O2. The van der Waals surface area contributed by atoms with Crippen molar-refractivity contribution in [3.8, 4) is 22.6 Å². The largest absolute Gasteiger partial charge is 0.497 e. The number of hydrogen-bond donors (Lipinski definition) is 0. The monoisotopic (exact) mass is 336 g/mol. The van der Waals surface area contributed by atoms with Crippen LogP contribution in [-0.4, -0.2) is 13.7 Å². The second kappa shape index (κ2) is 6.39. The molecule has 0 N–H and O–H groups in total. The van der Waals surface area contributed by atoms with Crippen LogP contribution in [0.2, 0.25) is 0 Å². The van der Waals surface area contributed by atoms with Crippen LogP contribution in [0, 0.1) is 11.6 Å². The molecule has 2 nitrogen and oxygen atoms in total. The molecule has 0 radical (unpaired) electrons. The number of benzene rings is 3. The van der Waals surface area contributed by atoms with Crippen LogP contribution in [0.15, 0.2) is 48.5 Å². The first kappa shape index (κ1) is 16.1. The summed E-state index contributed by atoms with van der Waals surface area (Å²) in [7, 11) is 1.32. The molecule has 0 atom stereocenters. The van der Waals surface area contributed by atoms with Gasteiger partial charge in [0.2, 0.25) is 0 Å². The van der Waals surface area contributed by atoms with Crippen LogP contribution >= 0.6 is 0 Å². The quantitative estimate of drug-likeness (QED) is 0.594. The zero-order valence-electron chi connectivity index (χ0n) is 12.5. The predicted molar refractivity (Wildman–Crippen MR) is 82.5 cm³/mol. The van der Waals surface area contributed by atoms with E-state index in [0.29, 0.717) is 16.3 Å². The average molecular weight is 336 g/mol. The van der Waals surface area contributed by atoms with Gasteiger partial charge in [0, 0.05) is 12.1 Å². The van der Waals surface area contributed by atoms with E-state index >= 15 is 0 Å². The SMILES string of the molecule is COc1cc(F)c(-c2ccc3cc(OC(F)F)ccc3c2)c(F)c1. The summed E-state index contributed by atoms with van der Waals surface area (Å²) in [5, 5.41) is 1.26. The van der Waals surface area contributed by atoms with Gasteiger partial charge in [-0.1, -0.05) is 18.2 Å². The molecular weight excluding hydrogens is 324 g/mol. The van der Waals surface area contributed by atoms with E-state index in [0.717, 1.165) is 12.1 Å². The lowest BCUT2D eigenvalue weighted by Crippen LogP contribution is -2.01. The van der Waals surface area contributed by atoms with Gasteiger partial charge in [-0.3, -0.25) is 0 Å². The van der Waals surface area contributed by atoms with Gasteiger partial charge in [0.05, 0.1) is 12.7 Å². The van der Waals surface area contributed by atoms with E-state index in [1.165, 1.54) is 25.3 Å². The molecule has 3 aromatic carbocycles. The van der Waals surface area contributed by atoms with Gasteiger partial charge in [0.15, 0.2) is 0 Å². The Balaban J connectivity index is 2.06. The first-order chi connectivity index (χ1) is 11.5. The number of rotatable bonds is 4. The molecule has 0 saturated heterocycles. The molecule has 0 unspecified atom stereocenters. The van der Waals surface area contributed by atoms with Gasteiger partial charge in [-0.25, -0.2) is 8.78 Å². The van der Waals surface area contributed by atoms with Crippen LogP contribution in [0.25, 0.3) is 21.9 Å². The highest BCUT2D eigenvalue weighted by Gasteiger charge is 2.14. The van der Waals surface area contributed by atoms with Crippen molar-refractivity contribution >= 4 is 10.8 Å². The normalized spacial score (nSPS) is 11.1. The van der Waals surface area contributed by atoms with Crippen molar-refractivity contribution in [1.29, 1.82) is 0 Å². The molecule has 0 aromatic heterocycles. The number of hydrogen-bond acceptors (Lipinski definition) is 2. The van der Waals surface area contributed by atoms with Gasteiger partial charge in [-0.05, 0) is 34.5 Å². The fourth-order valence-corrected chi connectivity index (χ4v) is 2.50. The van der Waals surface area contributed by atoms with E-state index in [2.05, 4.69) is 4.74 Å². The number of fused-ring (bicyclic) bond motifs is 1. The number of methoxy groups -OCH3 is 1. The third kappa shape index (κ3) is 3.13. The zero-order chi connectivity index (χ0) is 17.3. The highest BCUT2D eigenvalue weighted by molar-refractivity contribution is 5.88. The summed E-state index contributed by atoms with van der Waals surface area (Å²) in [6.07, 6.45) is 0. The Morgan fingerprint density at radius 2 is 1.42 bits per heavy atom. The van der Waals surface area contributed by atoms with E-state index in [1.54, 1.807) is 18.2 Å². The lowest BCUT2D eigenvalue weighted by atomic mass is 10.00. The van der Waals surface area contributed by atoms with Crippen LogP contribution in [0.5, 0.6) is 11.5 Å². The Morgan fingerprint density at radius 3 is 2.04 bits per heavy atom. The smallest absolute Gasteiger partial charge is 0.387 e. The number of alkyl halides is 2. The molecule has 0 spiro atoms. The lowest BCUT2D eigenvalue weighted by molar-refractivity contribution is -0.0497. The molecule has 3 rings (SSSR count). The van der Waals surface area contributed by atoms with Gasteiger partial charge >= 0.3 is 6.61 Å². The minimum Gasteiger partial charge on any atom is -0.497 e. The fraction of sp³-hybridized carbons (Fsp3) is 0.111. The molecule has 0 amide bonds. The Labute approximate surface area is 135 Å². The Bertz CT molecular complexity index is 870. The van der Waals surface area contributed by atoms with Crippen molar-refractivity contribution in [2.75, 3.05) is 7.11 Å². The maximum Gasteiger partial charge on any atom is 0.387 e. The molecule has 0 bridgehead atoms. The summed E-state index contributed by atoms with van der Waals surface area (Å²) in [4.78, 5) is 0. The molecule has 0 fully saturated rings. The molecule has 0 aliphatic carbocycles. The van der Waals surface area contributed by atoms with E-state index in [-0.39, 0.29) is 17.1 Å². The molecule has 3 aromatic rings. The van der Waals surface area contributed by atoms with Crippen molar-refractivity contribution in [1.82, 2.24) is 0 Å². The van der Waals surface area contributed by atoms with Crippen molar-refractivity contribution < 1.29 is 27.0 Å². The Kier molecular flexibility index (Phi) is 4.29. The highest BCUT2D eigenvalue weighted by atomic mass is 19.3. The van der Waals surface area contributed by atoms with Gasteiger partial charge in [-0.15, -0.1) is 0 Å². The fourth-order valence-electron chi connectivity index (χ4n) is 2.50. The van der Waals surface area contributed by atoms with Gasteiger partial charge in [-0.2, -0.15) is 8.78 Å². The molecule has 6 heteroatoms. The average Bonchev–Trinajstić information content (AvgIpc) is 2.53. The molecule has 0 aliphatic rings. The standard InChI is InChI=1S/C18H12F4O2/c1-23-14-8-15(19)17(16(20)9-14)12-3-2-11-7-13(24-18(21)22)5-4-10(11)6-12/h2-9,18H,1H3. The number of ether oxygens (including phenoxy) is 2. The maximum atomic E-state index is 14.2. The minimum absolute atomic E-state index is 0.0204. The topological polar surface area (TPSA) is 18.5 Å². The van der Waals surface area contributed by atoms with Crippen molar-refractivity contribution in [2.45, 2.75) is 6.61 Å². The molecule has 0 heterocycles. The van der Waals surface area contributed by atoms with Crippen LogP contribution in [0.1, 0.15) is 0 Å². The van der Waals surface area contributed by atoms with Crippen molar-refractivity contribution in [2.24, 2.45) is 0 Å². The predicted octanol–water partition coefficient (Wildman–Crippen LogP) is 5.40. The summed E-state index contributed by atoms with van der Waals surface area (Å²) in [5.41, 5.74) is 0.160. The maximum absolute atomic E-state index is 14.2. The number of halogens is 4. The van der Waals surface area contributed by atoms with Crippen molar-refractivity contribution in [3.63, 3.8) is 0 Å². The lowest BCUT2D eigenvalue weighted by Gasteiger charge is -2.10. The zero-order valence-corrected chi connectivity index (χ0v) is 12.5. The van der Waals surface area contributed by atoms with Crippen LogP contribution in [-0.2, 0) is 0 Å². The summed E-state index contributed by atoms with van der Waals surface area (Å²) in [6, 6.07) is 11.2. The second-order valence-electron chi connectivity index (χ2n) is 5.07. The Hall–Kier alpha value is -2.76. The van der Waals surface area contributed by atoms with Gasteiger partial charge in [0.1, 0.15) is 23.1 Å². The van der Waals surface area contributed by atoms with Gasteiger partial charge in [0.25, 0.3) is 0 Å². The third-order valence-electron chi connectivity index (χ3n) is 3.58. The minimum atomic E-state index is -2.91. The van der Waals surface area contributed by atoms with Crippen LogP contribution in [0.4, 0.5) is 17.6 Å². The molecule has 0 aliphatic heterocycles. The molecule has 24 heavy (non-hydrogen) atoms. The van der Waals surface area contributed by atoms with Crippen LogP contribution in [0.3, 0.4) is 0 Å². The van der Waals surface area contributed by atoms with Crippen molar-refractivity contribution in [3.05, 3.63) is 60.2 Å². The molecule has 0 saturated carbocycles. The second-order valence-corrected chi connectivity index (χ2v) is 5.07. The third-order valence-corrected chi connectivity index (χ3v) is 3.58. The van der Waals surface area contributed by atoms with Crippen LogP contribution < -0.4 is 9.47 Å². The Morgan fingerprint density at radius 1 is 0.792 bits per heavy atom.